The van der Waals surface area contributed by atoms with Crippen LogP contribution in [0.1, 0.15) is 11.9 Å². The fraction of sp³-hybridized carbons (Fsp3) is 0.200. The number of aromatic nitrogens is 2. The zero-order valence-electron chi connectivity index (χ0n) is 8.79. The summed E-state index contributed by atoms with van der Waals surface area (Å²) in [6.07, 6.45) is -0.208. The Morgan fingerprint density at radius 3 is 3.12 bits per heavy atom. The van der Waals surface area contributed by atoms with Crippen LogP contribution in [0.2, 0.25) is 0 Å². The number of hydrazine groups is 1. The number of nitrogen functional groups attached to an aromatic ring is 1. The molecule has 0 saturated heterocycles. The van der Waals surface area contributed by atoms with Crippen LogP contribution >= 0.6 is 11.8 Å². The van der Waals surface area contributed by atoms with Crippen LogP contribution in [-0.4, -0.2) is 15.9 Å². The topological polar surface area (TPSA) is 86.2 Å². The van der Waals surface area contributed by atoms with E-state index in [1.54, 1.807) is 11.8 Å². The molecule has 88 valence electrons. The molecule has 0 bridgehead atoms. The maximum atomic E-state index is 5.80. The lowest BCUT2D eigenvalue weighted by molar-refractivity contribution is 0.205. The lowest BCUT2D eigenvalue weighted by Crippen LogP contribution is -2.16. The SMILES string of the molecule is NNc1nc(C2CSc3ccccc3O2)no1. The van der Waals surface area contributed by atoms with Gasteiger partial charge in [-0.25, -0.2) is 5.84 Å². The molecule has 1 unspecified atom stereocenters. The van der Waals surface area contributed by atoms with Crippen molar-refractivity contribution >= 4 is 17.8 Å². The fourth-order valence-corrected chi connectivity index (χ4v) is 2.55. The van der Waals surface area contributed by atoms with Crippen molar-refractivity contribution in [1.29, 1.82) is 0 Å². The highest BCUT2D eigenvalue weighted by atomic mass is 32.2. The molecule has 0 radical (unpaired) electrons. The van der Waals surface area contributed by atoms with Gasteiger partial charge in [-0.2, -0.15) is 4.98 Å². The maximum Gasteiger partial charge on any atom is 0.335 e. The van der Waals surface area contributed by atoms with E-state index in [0.29, 0.717) is 5.82 Å². The predicted octanol–water partition coefficient (Wildman–Crippen LogP) is 1.58. The average Bonchev–Trinajstić information content (AvgIpc) is 2.87. The highest BCUT2D eigenvalue weighted by molar-refractivity contribution is 7.99. The molecular weight excluding hydrogens is 240 g/mol. The lowest BCUT2D eigenvalue weighted by Gasteiger charge is -2.22. The molecule has 1 aliphatic heterocycles. The number of ether oxygens (including phenoxy) is 1. The van der Waals surface area contributed by atoms with Gasteiger partial charge in [-0.1, -0.05) is 17.3 Å². The van der Waals surface area contributed by atoms with Gasteiger partial charge in [-0.05, 0) is 12.1 Å². The smallest absolute Gasteiger partial charge is 0.335 e. The number of nitrogens with two attached hydrogens (primary N) is 1. The summed E-state index contributed by atoms with van der Waals surface area (Å²) in [6, 6.07) is 8.06. The van der Waals surface area contributed by atoms with Gasteiger partial charge in [0.25, 0.3) is 0 Å². The van der Waals surface area contributed by atoms with Crippen LogP contribution in [0.15, 0.2) is 33.7 Å². The van der Waals surface area contributed by atoms with Crippen LogP contribution in [0.4, 0.5) is 6.01 Å². The first-order chi connectivity index (χ1) is 8.36. The van der Waals surface area contributed by atoms with Crippen LogP contribution in [0.5, 0.6) is 5.75 Å². The maximum absolute atomic E-state index is 5.80. The third-order valence-electron chi connectivity index (χ3n) is 2.36. The van der Waals surface area contributed by atoms with Crippen molar-refractivity contribution in [3.05, 3.63) is 30.1 Å². The molecular formula is C10H10N4O2S. The van der Waals surface area contributed by atoms with Crippen molar-refractivity contribution in [2.75, 3.05) is 11.2 Å². The summed E-state index contributed by atoms with van der Waals surface area (Å²) >= 11 is 1.71. The van der Waals surface area contributed by atoms with E-state index in [9.17, 15) is 0 Å². The number of nitrogens with zero attached hydrogens (tertiary/aromatic N) is 2. The molecule has 0 spiro atoms. The standard InChI is InChI=1S/C10H10N4O2S/c11-13-10-12-9(14-16-10)7-5-17-8-4-2-1-3-6(8)15-7/h1-4,7H,5,11H2,(H,12,13,14). The molecule has 2 aromatic rings. The number of thioether (sulfide) groups is 1. The first-order valence-electron chi connectivity index (χ1n) is 5.05. The Labute approximate surface area is 101 Å². The van der Waals surface area contributed by atoms with E-state index in [-0.39, 0.29) is 12.1 Å². The van der Waals surface area contributed by atoms with Crippen LogP contribution in [0.25, 0.3) is 0 Å². The summed E-state index contributed by atoms with van der Waals surface area (Å²) < 4.78 is 10.7. The van der Waals surface area contributed by atoms with E-state index < -0.39 is 0 Å². The van der Waals surface area contributed by atoms with E-state index in [2.05, 4.69) is 15.6 Å². The number of para-hydroxylation sites is 1. The van der Waals surface area contributed by atoms with Crippen LogP contribution < -0.4 is 16.0 Å². The minimum absolute atomic E-state index is 0.187. The van der Waals surface area contributed by atoms with Gasteiger partial charge in [0, 0.05) is 10.6 Å². The summed E-state index contributed by atoms with van der Waals surface area (Å²) in [6.45, 7) is 0. The highest BCUT2D eigenvalue weighted by Gasteiger charge is 2.25. The molecule has 7 heteroatoms. The third-order valence-corrected chi connectivity index (χ3v) is 3.48. The number of hydrogen-bond acceptors (Lipinski definition) is 7. The molecule has 0 fully saturated rings. The van der Waals surface area contributed by atoms with Crippen LogP contribution in [0.3, 0.4) is 0 Å². The summed E-state index contributed by atoms with van der Waals surface area (Å²) in [7, 11) is 0. The van der Waals surface area contributed by atoms with Gasteiger partial charge in [0.05, 0.1) is 0 Å². The van der Waals surface area contributed by atoms with E-state index >= 15 is 0 Å². The monoisotopic (exact) mass is 250 g/mol. The van der Waals surface area contributed by atoms with E-state index in [1.807, 2.05) is 24.3 Å². The molecule has 6 nitrogen and oxygen atoms in total. The average molecular weight is 250 g/mol. The van der Waals surface area contributed by atoms with Crippen molar-refractivity contribution in [2.24, 2.45) is 5.84 Å². The Bertz CT molecular complexity index is 531. The Kier molecular flexibility index (Phi) is 2.62. The molecule has 3 rings (SSSR count). The number of anilines is 1. The molecule has 2 heterocycles. The van der Waals surface area contributed by atoms with Gasteiger partial charge in [0.2, 0.25) is 5.82 Å². The largest absolute Gasteiger partial charge is 0.480 e. The third kappa shape index (κ3) is 1.94. The zero-order chi connectivity index (χ0) is 11.7. The fourth-order valence-electron chi connectivity index (χ4n) is 1.57. The lowest BCUT2D eigenvalue weighted by atomic mass is 10.3. The van der Waals surface area contributed by atoms with Crippen LogP contribution in [0, 0.1) is 0 Å². The molecule has 1 aromatic carbocycles. The highest BCUT2D eigenvalue weighted by Crippen LogP contribution is 2.39. The van der Waals surface area contributed by atoms with Gasteiger partial charge in [0.1, 0.15) is 5.75 Å². The van der Waals surface area contributed by atoms with Crippen molar-refractivity contribution < 1.29 is 9.26 Å². The quantitative estimate of drug-likeness (QED) is 0.618. The first-order valence-corrected chi connectivity index (χ1v) is 6.04. The number of hydrogen-bond donors (Lipinski definition) is 2. The summed E-state index contributed by atoms with van der Waals surface area (Å²) in [4.78, 5) is 5.20. The van der Waals surface area contributed by atoms with Gasteiger partial charge >= 0.3 is 6.01 Å². The second kappa shape index (κ2) is 4.27. The van der Waals surface area contributed by atoms with Gasteiger partial charge in [0.15, 0.2) is 6.10 Å². The number of rotatable bonds is 2. The number of nitrogens with one attached hydrogen (secondary N) is 1. The second-order valence-electron chi connectivity index (χ2n) is 3.47. The summed E-state index contributed by atoms with van der Waals surface area (Å²) in [5.41, 5.74) is 2.30. The molecule has 0 aliphatic carbocycles. The Morgan fingerprint density at radius 1 is 1.41 bits per heavy atom. The first kappa shape index (κ1) is 10.4. The summed E-state index contributed by atoms with van der Waals surface area (Å²) in [5, 5.41) is 3.82. The molecule has 0 amide bonds. The van der Waals surface area contributed by atoms with Crippen molar-refractivity contribution in [3.63, 3.8) is 0 Å². The molecule has 3 N–H and O–H groups in total. The molecule has 0 saturated carbocycles. The Morgan fingerprint density at radius 2 is 2.29 bits per heavy atom. The van der Waals surface area contributed by atoms with Crippen molar-refractivity contribution in [2.45, 2.75) is 11.0 Å². The van der Waals surface area contributed by atoms with Gasteiger partial charge in [-0.3, -0.25) is 5.43 Å². The van der Waals surface area contributed by atoms with E-state index in [0.717, 1.165) is 16.4 Å². The number of fused-ring (bicyclic) bond motifs is 1. The van der Waals surface area contributed by atoms with Crippen molar-refractivity contribution in [1.82, 2.24) is 10.1 Å². The van der Waals surface area contributed by atoms with E-state index in [1.165, 1.54) is 0 Å². The van der Waals surface area contributed by atoms with Gasteiger partial charge in [-0.15, -0.1) is 11.8 Å². The number of benzene rings is 1. The predicted molar refractivity (Wildman–Crippen MR) is 62.6 cm³/mol. The molecule has 1 atom stereocenters. The minimum atomic E-state index is -0.208. The molecule has 17 heavy (non-hydrogen) atoms. The van der Waals surface area contributed by atoms with Gasteiger partial charge < -0.3 is 9.26 Å². The second-order valence-corrected chi connectivity index (χ2v) is 4.53. The molecule has 1 aliphatic rings. The zero-order valence-corrected chi connectivity index (χ0v) is 9.61. The minimum Gasteiger partial charge on any atom is -0.480 e. The Hall–Kier alpha value is -1.73. The van der Waals surface area contributed by atoms with Crippen molar-refractivity contribution in [3.8, 4) is 5.75 Å². The molecule has 1 aromatic heterocycles. The Balaban J connectivity index is 1.84. The summed E-state index contributed by atoms with van der Waals surface area (Å²) in [5.74, 6) is 7.28. The van der Waals surface area contributed by atoms with Crippen LogP contribution in [-0.2, 0) is 0 Å². The van der Waals surface area contributed by atoms with E-state index in [4.69, 9.17) is 15.1 Å². The normalized spacial score (nSPS) is 18.3.